The number of hydrogen-bond acceptors (Lipinski definition) is 4. The minimum absolute atomic E-state index is 0.214. The van der Waals surface area contributed by atoms with Crippen molar-refractivity contribution in [3.8, 4) is 16.2 Å². The Morgan fingerprint density at radius 3 is 2.43 bits per heavy atom. The van der Waals surface area contributed by atoms with Gasteiger partial charge in [-0.05, 0) is 48.5 Å². The number of methoxy groups -OCH3 is 1. The van der Waals surface area contributed by atoms with Crippen LogP contribution in [0.25, 0.3) is 16.5 Å². The second-order valence-corrected chi connectivity index (χ2v) is 7.25. The van der Waals surface area contributed by atoms with Crippen LogP contribution in [0, 0.1) is 0 Å². The molecule has 3 rings (SSSR count). The zero-order valence-corrected chi connectivity index (χ0v) is 16.4. The predicted octanol–water partition coefficient (Wildman–Crippen LogP) is 4.93. The van der Waals surface area contributed by atoms with E-state index in [-0.39, 0.29) is 5.70 Å². The van der Waals surface area contributed by atoms with Gasteiger partial charge in [0.05, 0.1) is 7.11 Å². The van der Waals surface area contributed by atoms with E-state index in [1.165, 1.54) is 24.5 Å². The molecule has 0 fully saturated rings. The number of carbonyl (C=O) groups is 2. The van der Waals surface area contributed by atoms with Gasteiger partial charge in [-0.25, -0.2) is 4.79 Å². The van der Waals surface area contributed by atoms with Crippen molar-refractivity contribution in [2.24, 2.45) is 0 Å². The Balaban J connectivity index is 1.82. The number of carboxylic acid groups (broad SMARTS) is 1. The van der Waals surface area contributed by atoms with Gasteiger partial charge < -0.3 is 15.2 Å². The number of rotatable bonds is 6. The normalized spacial score (nSPS) is 11.1. The van der Waals surface area contributed by atoms with Gasteiger partial charge in [-0.1, -0.05) is 29.8 Å². The SMILES string of the molecule is COc1ccc(C(=O)NC(=Cc2ccc(-c3ccccc3Cl)s2)C(=O)O)cc1. The molecule has 28 heavy (non-hydrogen) atoms. The van der Waals surface area contributed by atoms with E-state index in [2.05, 4.69) is 5.32 Å². The zero-order valence-electron chi connectivity index (χ0n) is 14.8. The number of halogens is 1. The molecule has 0 saturated heterocycles. The molecule has 142 valence electrons. The Bertz CT molecular complexity index is 1040. The summed E-state index contributed by atoms with van der Waals surface area (Å²) in [5.74, 6) is -1.13. The molecule has 1 heterocycles. The molecule has 3 aromatic rings. The summed E-state index contributed by atoms with van der Waals surface area (Å²) in [6, 6.07) is 17.5. The van der Waals surface area contributed by atoms with Crippen LogP contribution in [0.3, 0.4) is 0 Å². The monoisotopic (exact) mass is 413 g/mol. The Hall–Kier alpha value is -3.09. The van der Waals surface area contributed by atoms with Crippen LogP contribution in [-0.2, 0) is 4.79 Å². The first kappa shape index (κ1) is 19.7. The van der Waals surface area contributed by atoms with E-state index in [0.717, 1.165) is 10.4 Å². The van der Waals surface area contributed by atoms with Gasteiger partial charge in [0.15, 0.2) is 0 Å². The van der Waals surface area contributed by atoms with E-state index in [1.54, 1.807) is 36.4 Å². The largest absolute Gasteiger partial charge is 0.497 e. The maximum Gasteiger partial charge on any atom is 0.352 e. The quantitative estimate of drug-likeness (QED) is 0.561. The van der Waals surface area contributed by atoms with Gasteiger partial charge in [-0.15, -0.1) is 11.3 Å². The number of nitrogens with one attached hydrogen (secondary N) is 1. The highest BCUT2D eigenvalue weighted by molar-refractivity contribution is 7.16. The van der Waals surface area contributed by atoms with Crippen LogP contribution >= 0.6 is 22.9 Å². The molecule has 0 spiro atoms. The number of hydrogen-bond donors (Lipinski definition) is 2. The molecule has 2 aromatic carbocycles. The van der Waals surface area contributed by atoms with Crippen LogP contribution in [0.1, 0.15) is 15.2 Å². The fraction of sp³-hybridized carbons (Fsp3) is 0.0476. The van der Waals surface area contributed by atoms with Crippen molar-refractivity contribution < 1.29 is 19.4 Å². The summed E-state index contributed by atoms with van der Waals surface area (Å²) in [6.45, 7) is 0. The van der Waals surface area contributed by atoms with Gasteiger partial charge in [0.2, 0.25) is 0 Å². The fourth-order valence-corrected chi connectivity index (χ4v) is 3.75. The minimum atomic E-state index is -1.23. The Kier molecular flexibility index (Phi) is 6.13. The zero-order chi connectivity index (χ0) is 20.1. The number of carboxylic acids is 1. The van der Waals surface area contributed by atoms with Crippen LogP contribution in [0.4, 0.5) is 0 Å². The lowest BCUT2D eigenvalue weighted by molar-refractivity contribution is -0.132. The van der Waals surface area contributed by atoms with Crippen molar-refractivity contribution in [3.63, 3.8) is 0 Å². The Morgan fingerprint density at radius 1 is 1.07 bits per heavy atom. The highest BCUT2D eigenvalue weighted by Crippen LogP contribution is 2.33. The van der Waals surface area contributed by atoms with E-state index in [0.29, 0.717) is 21.2 Å². The predicted molar refractivity (Wildman–Crippen MR) is 111 cm³/mol. The summed E-state index contributed by atoms with van der Waals surface area (Å²) >= 11 is 7.60. The molecular formula is C21H16ClNO4S. The minimum Gasteiger partial charge on any atom is -0.497 e. The number of aliphatic carboxylic acids is 1. The van der Waals surface area contributed by atoms with Crippen LogP contribution < -0.4 is 10.1 Å². The van der Waals surface area contributed by atoms with E-state index in [9.17, 15) is 14.7 Å². The molecule has 0 radical (unpaired) electrons. The van der Waals surface area contributed by atoms with Crippen LogP contribution in [0.5, 0.6) is 5.75 Å². The first-order valence-electron chi connectivity index (χ1n) is 8.23. The molecule has 1 aromatic heterocycles. The van der Waals surface area contributed by atoms with Crippen molar-refractivity contribution in [2.45, 2.75) is 0 Å². The molecule has 0 aliphatic heterocycles. The van der Waals surface area contributed by atoms with Crippen LogP contribution in [-0.4, -0.2) is 24.1 Å². The van der Waals surface area contributed by atoms with E-state index < -0.39 is 11.9 Å². The number of benzene rings is 2. The summed E-state index contributed by atoms with van der Waals surface area (Å²) < 4.78 is 5.05. The second-order valence-electron chi connectivity index (χ2n) is 5.73. The van der Waals surface area contributed by atoms with Gasteiger partial charge in [0.1, 0.15) is 11.4 Å². The third-order valence-corrected chi connectivity index (χ3v) is 5.28. The van der Waals surface area contributed by atoms with Crippen molar-refractivity contribution in [3.05, 3.63) is 81.8 Å². The second kappa shape index (κ2) is 8.73. The molecule has 5 nitrogen and oxygen atoms in total. The average Bonchev–Trinajstić information content (AvgIpc) is 3.16. The third-order valence-electron chi connectivity index (χ3n) is 3.88. The maximum absolute atomic E-state index is 12.4. The highest BCUT2D eigenvalue weighted by atomic mass is 35.5. The molecule has 7 heteroatoms. The number of carbonyl (C=O) groups excluding carboxylic acids is 1. The van der Waals surface area contributed by atoms with Gasteiger partial charge in [-0.2, -0.15) is 0 Å². The van der Waals surface area contributed by atoms with Gasteiger partial charge in [-0.3, -0.25) is 4.79 Å². The lowest BCUT2D eigenvalue weighted by Gasteiger charge is -2.06. The van der Waals surface area contributed by atoms with Crippen LogP contribution in [0.15, 0.2) is 66.4 Å². The van der Waals surface area contributed by atoms with Crippen molar-refractivity contribution >= 4 is 40.9 Å². The summed E-state index contributed by atoms with van der Waals surface area (Å²) in [5.41, 5.74) is 0.984. The molecule has 0 aliphatic carbocycles. The summed E-state index contributed by atoms with van der Waals surface area (Å²) in [4.78, 5) is 25.5. The van der Waals surface area contributed by atoms with Gasteiger partial charge in [0.25, 0.3) is 5.91 Å². The first-order valence-corrected chi connectivity index (χ1v) is 9.42. The van der Waals surface area contributed by atoms with Crippen molar-refractivity contribution in [2.75, 3.05) is 7.11 Å². The van der Waals surface area contributed by atoms with E-state index >= 15 is 0 Å². The van der Waals surface area contributed by atoms with Gasteiger partial charge >= 0.3 is 5.97 Å². The Morgan fingerprint density at radius 2 is 1.79 bits per heavy atom. The van der Waals surface area contributed by atoms with Crippen molar-refractivity contribution in [1.82, 2.24) is 5.32 Å². The third kappa shape index (κ3) is 4.60. The molecule has 0 atom stereocenters. The number of thiophene rings is 1. The van der Waals surface area contributed by atoms with E-state index in [4.69, 9.17) is 16.3 Å². The lowest BCUT2D eigenvalue weighted by atomic mass is 10.2. The smallest absolute Gasteiger partial charge is 0.352 e. The molecule has 0 unspecified atom stereocenters. The summed E-state index contributed by atoms with van der Waals surface area (Å²) in [6.07, 6.45) is 1.43. The molecule has 2 N–H and O–H groups in total. The summed E-state index contributed by atoms with van der Waals surface area (Å²) in [7, 11) is 1.53. The van der Waals surface area contributed by atoms with Crippen molar-refractivity contribution in [1.29, 1.82) is 0 Å². The number of ether oxygens (including phenoxy) is 1. The fourth-order valence-electron chi connectivity index (χ4n) is 2.47. The lowest BCUT2D eigenvalue weighted by Crippen LogP contribution is -2.27. The molecule has 0 saturated carbocycles. The maximum atomic E-state index is 12.4. The number of amides is 1. The Labute approximate surface area is 170 Å². The topological polar surface area (TPSA) is 75.6 Å². The molecular weight excluding hydrogens is 398 g/mol. The first-order chi connectivity index (χ1) is 13.5. The van der Waals surface area contributed by atoms with Gasteiger partial charge in [0, 0.05) is 25.9 Å². The standard InChI is InChI=1S/C21H16ClNO4S/c1-27-14-8-6-13(7-9-14)20(24)23-18(21(25)26)12-15-10-11-19(28-15)16-4-2-3-5-17(16)22/h2-12H,1H3,(H,23,24)(H,25,26). The average molecular weight is 414 g/mol. The van der Waals surface area contributed by atoms with E-state index in [1.807, 2.05) is 24.3 Å². The van der Waals surface area contributed by atoms with Crippen LogP contribution in [0.2, 0.25) is 5.02 Å². The highest BCUT2D eigenvalue weighted by Gasteiger charge is 2.14. The summed E-state index contributed by atoms with van der Waals surface area (Å²) in [5, 5.41) is 12.5. The molecule has 0 aliphatic rings. The molecule has 1 amide bonds. The molecule has 0 bridgehead atoms.